The summed E-state index contributed by atoms with van der Waals surface area (Å²) in [5.41, 5.74) is 2.01. The molecular weight excluding hydrogens is 412 g/mol. The maximum absolute atomic E-state index is 12.4. The normalized spacial score (nSPS) is 13.3. The molecule has 1 aliphatic rings. The van der Waals surface area contributed by atoms with Gasteiger partial charge < -0.3 is 9.88 Å². The Labute approximate surface area is 176 Å². The molecule has 1 aromatic heterocycles. The number of halogens is 1. The summed E-state index contributed by atoms with van der Waals surface area (Å²) in [4.78, 5) is 27.5. The highest BCUT2D eigenvalue weighted by Gasteiger charge is 2.29. The maximum atomic E-state index is 12.4. The van der Waals surface area contributed by atoms with Gasteiger partial charge in [-0.15, -0.1) is 0 Å². The van der Waals surface area contributed by atoms with Crippen LogP contribution < -0.4 is 5.32 Å². The Kier molecular flexibility index (Phi) is 5.55. The number of hydrogen-bond acceptors (Lipinski definition) is 5. The van der Waals surface area contributed by atoms with Crippen LogP contribution in [0.15, 0.2) is 59.9 Å². The molecule has 1 amide bonds. The average Bonchev–Trinajstić information content (AvgIpc) is 3.47. The number of carbonyl (C=O) groups is 1. The Balaban J connectivity index is 1.48. The zero-order valence-corrected chi connectivity index (χ0v) is 16.8. The van der Waals surface area contributed by atoms with Crippen molar-refractivity contribution in [1.82, 2.24) is 9.55 Å². The molecule has 1 saturated carbocycles. The van der Waals surface area contributed by atoms with Crippen LogP contribution in [-0.2, 0) is 4.79 Å². The predicted molar refractivity (Wildman–Crippen MR) is 113 cm³/mol. The van der Waals surface area contributed by atoms with Crippen LogP contribution >= 0.6 is 23.4 Å². The van der Waals surface area contributed by atoms with Crippen LogP contribution in [0.25, 0.3) is 11.3 Å². The lowest BCUT2D eigenvalue weighted by Crippen LogP contribution is -2.15. The molecule has 148 valence electrons. The quantitative estimate of drug-likeness (QED) is 0.318. The largest absolute Gasteiger partial charge is 0.320 e. The van der Waals surface area contributed by atoms with E-state index in [0.717, 1.165) is 29.3 Å². The third-order valence-corrected chi connectivity index (χ3v) is 5.71. The maximum Gasteiger partial charge on any atom is 0.294 e. The van der Waals surface area contributed by atoms with Gasteiger partial charge in [-0.05, 0) is 30.5 Å². The zero-order valence-electron chi connectivity index (χ0n) is 15.2. The number of hydrogen-bond donors (Lipinski definition) is 1. The molecule has 1 fully saturated rings. The van der Waals surface area contributed by atoms with Gasteiger partial charge >= 0.3 is 0 Å². The predicted octanol–water partition coefficient (Wildman–Crippen LogP) is 5.18. The van der Waals surface area contributed by atoms with Gasteiger partial charge in [-0.1, -0.05) is 53.7 Å². The van der Waals surface area contributed by atoms with E-state index in [-0.39, 0.29) is 28.1 Å². The van der Waals surface area contributed by atoms with Crippen molar-refractivity contribution in [2.75, 3.05) is 11.1 Å². The first kappa shape index (κ1) is 19.5. The van der Waals surface area contributed by atoms with Crippen LogP contribution in [0.4, 0.5) is 11.4 Å². The number of benzene rings is 2. The summed E-state index contributed by atoms with van der Waals surface area (Å²) in [5, 5.41) is 14.8. The van der Waals surface area contributed by atoms with Gasteiger partial charge in [0, 0.05) is 17.1 Å². The fourth-order valence-corrected chi connectivity index (χ4v) is 4.05. The molecule has 0 aliphatic heterocycles. The summed E-state index contributed by atoms with van der Waals surface area (Å²) in [6, 6.07) is 14.6. The summed E-state index contributed by atoms with van der Waals surface area (Å²) >= 11 is 7.13. The minimum Gasteiger partial charge on any atom is -0.320 e. The molecule has 0 radical (unpaired) electrons. The molecule has 1 heterocycles. The Hall–Kier alpha value is -2.84. The second kappa shape index (κ2) is 8.26. The van der Waals surface area contributed by atoms with Gasteiger partial charge in [-0.3, -0.25) is 14.9 Å². The Morgan fingerprint density at radius 1 is 1.28 bits per heavy atom. The second-order valence-corrected chi connectivity index (χ2v) is 8.03. The Morgan fingerprint density at radius 2 is 2.03 bits per heavy atom. The van der Waals surface area contributed by atoms with Gasteiger partial charge in [0.15, 0.2) is 5.16 Å². The molecule has 0 unspecified atom stereocenters. The monoisotopic (exact) mass is 428 g/mol. The first-order valence-corrected chi connectivity index (χ1v) is 10.4. The molecule has 1 N–H and O–H groups in total. The van der Waals surface area contributed by atoms with Gasteiger partial charge in [0.25, 0.3) is 5.69 Å². The number of anilines is 1. The van der Waals surface area contributed by atoms with Crippen molar-refractivity contribution >= 4 is 40.6 Å². The molecule has 1 aliphatic carbocycles. The van der Waals surface area contributed by atoms with Gasteiger partial charge in [0.05, 0.1) is 22.6 Å². The molecule has 2 aromatic carbocycles. The minimum absolute atomic E-state index is 0.0950. The molecule has 7 nitrogen and oxygen atoms in total. The van der Waals surface area contributed by atoms with Crippen LogP contribution in [0, 0.1) is 10.1 Å². The third-order valence-electron chi connectivity index (χ3n) is 4.51. The van der Waals surface area contributed by atoms with Crippen molar-refractivity contribution in [3.63, 3.8) is 0 Å². The topological polar surface area (TPSA) is 90.1 Å². The lowest BCUT2D eigenvalue weighted by Gasteiger charge is -2.11. The lowest BCUT2D eigenvalue weighted by molar-refractivity contribution is -0.383. The van der Waals surface area contributed by atoms with Crippen LogP contribution in [0.1, 0.15) is 18.9 Å². The number of nitrogens with zero attached hydrogens (tertiary/aromatic N) is 3. The number of nitro groups is 1. The highest BCUT2D eigenvalue weighted by Crippen LogP contribution is 2.42. The molecular formula is C20H17ClN4O3S. The standard InChI is InChI=1S/C20H17ClN4O3S/c21-14-6-9-16(17(10-14)25(27)28)23-19(26)12-29-20-22-11-18(24(20)15-7-8-15)13-4-2-1-3-5-13/h1-6,9-11,15H,7-8,12H2,(H,23,26). The first-order valence-electron chi connectivity index (χ1n) is 9.02. The van der Waals surface area contributed by atoms with Crippen molar-refractivity contribution in [2.24, 2.45) is 0 Å². The lowest BCUT2D eigenvalue weighted by atomic mass is 10.2. The van der Waals surface area contributed by atoms with Crippen LogP contribution in [0.2, 0.25) is 5.02 Å². The van der Waals surface area contributed by atoms with Gasteiger partial charge in [-0.25, -0.2) is 4.98 Å². The fraction of sp³-hybridized carbons (Fsp3) is 0.200. The Morgan fingerprint density at radius 3 is 2.72 bits per heavy atom. The van der Waals surface area contributed by atoms with Crippen LogP contribution in [0.5, 0.6) is 0 Å². The van der Waals surface area contributed by atoms with E-state index in [1.165, 1.54) is 30.0 Å². The summed E-state index contributed by atoms with van der Waals surface area (Å²) < 4.78 is 2.18. The molecule has 3 aromatic rings. The average molecular weight is 429 g/mol. The second-order valence-electron chi connectivity index (χ2n) is 6.65. The number of nitrogens with one attached hydrogen (secondary N) is 1. The minimum atomic E-state index is -0.569. The van der Waals surface area contributed by atoms with E-state index in [4.69, 9.17) is 11.6 Å². The number of imidazole rings is 1. The number of aromatic nitrogens is 2. The summed E-state index contributed by atoms with van der Waals surface area (Å²) in [7, 11) is 0. The molecule has 0 saturated heterocycles. The summed E-state index contributed by atoms with van der Waals surface area (Å²) in [5.74, 6) is -0.246. The number of thioether (sulfide) groups is 1. The molecule has 0 atom stereocenters. The zero-order chi connectivity index (χ0) is 20.4. The molecule has 0 spiro atoms. The number of rotatable bonds is 7. The van der Waals surface area contributed by atoms with E-state index >= 15 is 0 Å². The van der Waals surface area contributed by atoms with Crippen molar-refractivity contribution < 1.29 is 9.72 Å². The smallest absolute Gasteiger partial charge is 0.294 e. The molecule has 29 heavy (non-hydrogen) atoms. The third kappa shape index (κ3) is 4.44. The van der Waals surface area contributed by atoms with E-state index < -0.39 is 4.92 Å². The van der Waals surface area contributed by atoms with E-state index in [2.05, 4.69) is 14.9 Å². The van der Waals surface area contributed by atoms with Crippen molar-refractivity contribution in [1.29, 1.82) is 0 Å². The summed E-state index contributed by atoms with van der Waals surface area (Å²) in [6.45, 7) is 0. The van der Waals surface area contributed by atoms with E-state index in [9.17, 15) is 14.9 Å². The Bertz CT molecular complexity index is 1070. The fourth-order valence-electron chi connectivity index (χ4n) is 3.04. The van der Waals surface area contributed by atoms with Crippen molar-refractivity contribution in [2.45, 2.75) is 24.0 Å². The number of carbonyl (C=O) groups excluding carboxylic acids is 1. The summed E-state index contributed by atoms with van der Waals surface area (Å²) in [6.07, 6.45) is 4.01. The van der Waals surface area contributed by atoms with E-state index in [0.29, 0.717) is 6.04 Å². The molecule has 0 bridgehead atoms. The van der Waals surface area contributed by atoms with Crippen molar-refractivity contribution in [3.8, 4) is 11.3 Å². The number of amides is 1. The van der Waals surface area contributed by atoms with E-state index in [1.54, 1.807) is 0 Å². The highest BCUT2D eigenvalue weighted by molar-refractivity contribution is 7.99. The van der Waals surface area contributed by atoms with Crippen LogP contribution in [-0.4, -0.2) is 26.1 Å². The SMILES string of the molecule is O=C(CSc1ncc(-c2ccccc2)n1C1CC1)Nc1ccc(Cl)cc1[N+](=O)[O-]. The molecule has 4 rings (SSSR count). The first-order chi connectivity index (χ1) is 14.0. The van der Waals surface area contributed by atoms with Gasteiger partial charge in [0.1, 0.15) is 5.69 Å². The van der Waals surface area contributed by atoms with Gasteiger partial charge in [0.2, 0.25) is 5.91 Å². The van der Waals surface area contributed by atoms with Gasteiger partial charge in [-0.2, -0.15) is 0 Å². The van der Waals surface area contributed by atoms with E-state index in [1.807, 2.05) is 36.5 Å². The van der Waals surface area contributed by atoms with Crippen LogP contribution in [0.3, 0.4) is 0 Å². The number of nitro benzene ring substituents is 1. The molecule has 9 heteroatoms. The highest BCUT2D eigenvalue weighted by atomic mass is 35.5. The van der Waals surface area contributed by atoms with Crippen molar-refractivity contribution in [3.05, 3.63) is 69.9 Å².